The molecule has 0 spiro atoms. The molecule has 0 aliphatic carbocycles. The molecule has 0 amide bonds. The van der Waals surface area contributed by atoms with Gasteiger partial charge in [-0.2, -0.15) is 50.5 Å². The van der Waals surface area contributed by atoms with Crippen molar-refractivity contribution < 1.29 is 87.7 Å². The SMILES string of the molecule is CC1(C)\C(=C/C=C(/C=C/C2N(CCCCS(=O)(=O)O)c3ccc4c(S(=O)(=O)O)cc(S(=O)(=O)O)cc4c3C2(C)C)c2cccc(CCCCC(=O)O)c2)N(CCCCS(=O)(=O)O)c2ccc3c(S(=O)(=O)O)cc(S(=O)(=O)O)cc3c21. The summed E-state index contributed by atoms with van der Waals surface area (Å²) in [7, 11) is -29.1. The number of rotatable bonds is 23. The highest BCUT2D eigenvalue weighted by Crippen LogP contribution is 2.53. The number of anilines is 2. The molecule has 434 valence electrons. The maximum Gasteiger partial charge on any atom is 0.303 e. The summed E-state index contributed by atoms with van der Waals surface area (Å²) >= 11 is 0. The molecule has 7 rings (SSSR count). The zero-order chi connectivity index (χ0) is 59.3. The molecule has 0 fully saturated rings. The molecule has 28 heteroatoms. The van der Waals surface area contributed by atoms with Gasteiger partial charge in [-0.15, -0.1) is 0 Å². The molecule has 0 radical (unpaired) electrons. The summed E-state index contributed by atoms with van der Waals surface area (Å²) < 4.78 is 209. The third-order valence-electron chi connectivity index (χ3n) is 14.5. The highest BCUT2D eigenvalue weighted by Gasteiger charge is 2.45. The monoisotopic (exact) mass is 1220 g/mol. The van der Waals surface area contributed by atoms with Gasteiger partial charge in [-0.3, -0.25) is 32.1 Å². The topological polar surface area (TPSA) is 370 Å². The van der Waals surface area contributed by atoms with Crippen LogP contribution >= 0.6 is 0 Å². The number of allylic oxidation sites excluding steroid dienone is 5. The van der Waals surface area contributed by atoms with Crippen LogP contribution in [0.25, 0.3) is 27.1 Å². The van der Waals surface area contributed by atoms with E-state index in [2.05, 4.69) is 0 Å². The number of unbranched alkanes of at least 4 members (excludes halogenated alkanes) is 3. The number of hydrogen-bond acceptors (Lipinski definition) is 15. The van der Waals surface area contributed by atoms with Gasteiger partial charge in [-0.1, -0.05) is 82.3 Å². The van der Waals surface area contributed by atoms with Crippen molar-refractivity contribution in [2.45, 2.75) is 116 Å². The van der Waals surface area contributed by atoms with Crippen molar-refractivity contribution in [3.05, 3.63) is 125 Å². The first-order valence-corrected chi connectivity index (χ1v) is 33.8. The Hall–Kier alpha value is -5.63. The molecule has 0 aromatic heterocycles. The number of benzene rings is 5. The highest BCUT2D eigenvalue weighted by molar-refractivity contribution is 7.87. The summed E-state index contributed by atoms with van der Waals surface area (Å²) in [6.07, 6.45) is 8.76. The van der Waals surface area contributed by atoms with Crippen molar-refractivity contribution in [2.75, 3.05) is 34.4 Å². The van der Waals surface area contributed by atoms with Crippen LogP contribution in [0.15, 0.2) is 122 Å². The van der Waals surface area contributed by atoms with Crippen LogP contribution in [0.4, 0.5) is 11.4 Å². The number of fused-ring (bicyclic) bond motifs is 6. The minimum absolute atomic E-state index is 0.000916. The van der Waals surface area contributed by atoms with Gasteiger partial charge < -0.3 is 14.9 Å². The molecule has 7 N–H and O–H groups in total. The number of aliphatic carboxylic acids is 1. The van der Waals surface area contributed by atoms with Crippen molar-refractivity contribution in [3.63, 3.8) is 0 Å². The second-order valence-electron chi connectivity index (χ2n) is 20.8. The van der Waals surface area contributed by atoms with Crippen molar-refractivity contribution in [1.29, 1.82) is 0 Å². The van der Waals surface area contributed by atoms with Crippen LogP contribution in [0.5, 0.6) is 0 Å². The van der Waals surface area contributed by atoms with Crippen LogP contribution in [0, 0.1) is 0 Å². The number of carboxylic acid groups (broad SMARTS) is 1. The lowest BCUT2D eigenvalue weighted by atomic mass is 9.78. The van der Waals surface area contributed by atoms with Gasteiger partial charge in [0.2, 0.25) is 0 Å². The second-order valence-corrected chi connectivity index (χ2v) is 29.6. The maximum absolute atomic E-state index is 12.8. The van der Waals surface area contributed by atoms with Crippen LogP contribution < -0.4 is 9.80 Å². The van der Waals surface area contributed by atoms with Gasteiger partial charge in [0.1, 0.15) is 9.79 Å². The van der Waals surface area contributed by atoms with E-state index < -0.39 is 115 Å². The molecule has 1 atom stereocenters. The van der Waals surface area contributed by atoms with Crippen molar-refractivity contribution in [1.82, 2.24) is 0 Å². The fourth-order valence-electron chi connectivity index (χ4n) is 10.9. The molecule has 22 nitrogen and oxygen atoms in total. The molecule has 0 saturated carbocycles. The van der Waals surface area contributed by atoms with E-state index in [1.807, 2.05) is 23.1 Å². The summed E-state index contributed by atoms with van der Waals surface area (Å²) in [5, 5.41) is 9.20. The first-order chi connectivity index (χ1) is 36.8. The van der Waals surface area contributed by atoms with Crippen LogP contribution in [0.3, 0.4) is 0 Å². The molecule has 0 saturated heterocycles. The predicted molar refractivity (Wildman–Crippen MR) is 300 cm³/mol. The summed E-state index contributed by atoms with van der Waals surface area (Å²) in [5.74, 6) is -2.11. The number of carbonyl (C=O) groups is 1. The zero-order valence-corrected chi connectivity index (χ0v) is 48.5. The Morgan fingerprint density at radius 2 is 1.10 bits per heavy atom. The normalized spacial score (nSPS) is 17.5. The van der Waals surface area contributed by atoms with Gasteiger partial charge in [0.25, 0.3) is 60.7 Å². The standard InChI is InChI=1S/C52H60N2O20S6/c1-51(2)46(53(24-7-9-26-75(57,58)59)42-20-18-38-40(49(42)51)29-36(77(63,64)65)31-44(38)79(69,70)71)22-16-34(35-14-11-13-33(28-35)12-5-6-15-48(55)56)17-23-47-52(3,4)50-41-30-37(78(66,67)68)32-45(80(72,73)74)39(41)19-21-43(50)54(47)25-8-10-27-76(60,61)62/h11,13-14,16-23,28-32,46H,5-10,12,15,24-27H2,1-4H3,(H,55,56)(H,57,58,59)(H,60,61,62)(H,63,64,65)(H,66,67,68)(H,69,70,71)(H,72,73,74)/b22-16+,34-17-,47-23+. The molecule has 1 unspecified atom stereocenters. The van der Waals surface area contributed by atoms with E-state index in [1.54, 1.807) is 75.1 Å². The van der Waals surface area contributed by atoms with Gasteiger partial charge in [-0.25, -0.2) is 0 Å². The van der Waals surface area contributed by atoms with E-state index in [0.29, 0.717) is 70.7 Å². The average molecular weight is 1230 g/mol. The summed E-state index contributed by atoms with van der Waals surface area (Å²) in [6, 6.07) is 15.9. The van der Waals surface area contributed by atoms with Crippen LogP contribution in [0.2, 0.25) is 0 Å². The fourth-order valence-corrected chi connectivity index (χ4v) is 14.7. The summed E-state index contributed by atoms with van der Waals surface area (Å²) in [6.45, 7) is 7.30. The van der Waals surface area contributed by atoms with E-state index in [-0.39, 0.29) is 66.7 Å². The first-order valence-electron chi connectivity index (χ1n) is 24.8. The molecule has 80 heavy (non-hydrogen) atoms. The van der Waals surface area contributed by atoms with Gasteiger partial charge in [-0.05, 0) is 126 Å². The minimum atomic E-state index is -5.11. The smallest absolute Gasteiger partial charge is 0.303 e. The molecule has 0 bridgehead atoms. The molecule has 2 heterocycles. The van der Waals surface area contributed by atoms with Crippen molar-refractivity contribution in [3.8, 4) is 0 Å². The number of carboxylic acids is 1. The Kier molecular flexibility index (Phi) is 17.5. The summed E-state index contributed by atoms with van der Waals surface area (Å²) in [5.41, 5.74) is 1.77. The van der Waals surface area contributed by atoms with Gasteiger partial charge in [0.05, 0.1) is 27.3 Å². The largest absolute Gasteiger partial charge is 0.481 e. The average Bonchev–Trinajstić information content (AvgIpc) is 3.69. The molecule has 2 aliphatic heterocycles. The van der Waals surface area contributed by atoms with Gasteiger partial charge in [0, 0.05) is 58.2 Å². The van der Waals surface area contributed by atoms with E-state index in [0.717, 1.165) is 17.7 Å². The Labute approximate surface area is 465 Å². The van der Waals surface area contributed by atoms with E-state index >= 15 is 0 Å². The molecular formula is C52H60N2O20S6. The maximum atomic E-state index is 12.8. The lowest BCUT2D eigenvalue weighted by Gasteiger charge is -2.33. The van der Waals surface area contributed by atoms with E-state index in [9.17, 15) is 87.7 Å². The number of aryl methyl sites for hydroxylation is 1. The van der Waals surface area contributed by atoms with E-state index in [4.69, 9.17) is 0 Å². The molecular weight excluding hydrogens is 1160 g/mol. The Bertz CT molecular complexity index is 4130. The van der Waals surface area contributed by atoms with Crippen molar-refractivity contribution >= 4 is 105 Å². The molecule has 2 aliphatic rings. The zero-order valence-electron chi connectivity index (χ0n) is 43.6. The Morgan fingerprint density at radius 1 is 0.575 bits per heavy atom. The Balaban J connectivity index is 1.47. The number of hydrogen-bond donors (Lipinski definition) is 7. The first kappa shape index (κ1) is 62.0. The molecule has 5 aromatic carbocycles. The van der Waals surface area contributed by atoms with Crippen LogP contribution in [-0.2, 0) is 82.8 Å². The summed E-state index contributed by atoms with van der Waals surface area (Å²) in [4.78, 5) is 11.8. The third-order valence-corrected chi connectivity index (χ3v) is 19.5. The fraction of sp³-hybridized carbons (Fsp3) is 0.365. The van der Waals surface area contributed by atoms with Crippen LogP contribution in [-0.4, -0.2) is 120 Å². The van der Waals surface area contributed by atoms with Crippen molar-refractivity contribution in [2.24, 2.45) is 0 Å². The lowest BCUT2D eigenvalue weighted by Crippen LogP contribution is -2.40. The lowest BCUT2D eigenvalue weighted by molar-refractivity contribution is -0.137. The highest BCUT2D eigenvalue weighted by atomic mass is 32.2. The second kappa shape index (κ2) is 22.6. The van der Waals surface area contributed by atoms with Gasteiger partial charge in [0.15, 0.2) is 0 Å². The van der Waals surface area contributed by atoms with Crippen LogP contribution in [0.1, 0.15) is 94.9 Å². The molecule has 5 aromatic rings. The number of nitrogens with zero attached hydrogens (tertiary/aromatic N) is 2. The minimum Gasteiger partial charge on any atom is -0.481 e. The predicted octanol–water partition coefficient (Wildman–Crippen LogP) is 7.90. The van der Waals surface area contributed by atoms with E-state index in [1.165, 1.54) is 12.1 Å². The quantitative estimate of drug-likeness (QED) is 0.0185. The Morgan fingerprint density at radius 3 is 1.61 bits per heavy atom. The van der Waals surface area contributed by atoms with Gasteiger partial charge >= 0.3 is 5.97 Å². The third kappa shape index (κ3) is 13.8.